The topological polar surface area (TPSA) is 153 Å². The predicted octanol–water partition coefficient (Wildman–Crippen LogP) is 1.14. The number of amides is 3. The van der Waals surface area contributed by atoms with E-state index in [9.17, 15) is 19.6 Å². The van der Waals surface area contributed by atoms with Gasteiger partial charge in [-0.15, -0.1) is 0 Å². The molecule has 2 aliphatic rings. The summed E-state index contributed by atoms with van der Waals surface area (Å²) in [5.41, 5.74) is 2.60. The number of rotatable bonds is 8. The Balaban J connectivity index is 1.54. The fourth-order valence-electron chi connectivity index (χ4n) is 4.23. The molecule has 3 amide bonds. The molecule has 0 spiro atoms. The summed E-state index contributed by atoms with van der Waals surface area (Å²) < 4.78 is 5.03. The van der Waals surface area contributed by atoms with E-state index < -0.39 is 6.03 Å². The standard InChI is InChI=1S/C24H28N8O4/c1-36-8-5-27-19-10-21(28-12-18(19)11-25)30-24(35)32-6-2-3-16-9-17(20(15-33)29-23(16)32)14-31-7-4-26-13-22(31)34/h9-10,12,15,26H,2-8,13-14H2,1H3,(H2,27,28,30,35). The maximum atomic E-state index is 13.2. The number of urea groups is 1. The molecule has 12 heteroatoms. The van der Waals surface area contributed by atoms with E-state index >= 15 is 0 Å². The van der Waals surface area contributed by atoms with Gasteiger partial charge in [0.2, 0.25) is 5.91 Å². The number of piperazine rings is 1. The van der Waals surface area contributed by atoms with Crippen molar-refractivity contribution in [2.45, 2.75) is 19.4 Å². The number of nitriles is 1. The van der Waals surface area contributed by atoms with Crippen LogP contribution in [-0.4, -0.2) is 79.5 Å². The van der Waals surface area contributed by atoms with Crippen molar-refractivity contribution in [2.75, 3.05) is 62.0 Å². The minimum atomic E-state index is -0.439. The number of aryl methyl sites for hydroxylation is 1. The van der Waals surface area contributed by atoms with Crippen LogP contribution >= 0.6 is 0 Å². The minimum absolute atomic E-state index is 0.0252. The molecule has 0 atom stereocenters. The fraction of sp³-hybridized carbons (Fsp3) is 0.417. The van der Waals surface area contributed by atoms with E-state index in [-0.39, 0.29) is 24.0 Å². The minimum Gasteiger partial charge on any atom is -0.383 e. The Hall–Kier alpha value is -4.08. The smallest absolute Gasteiger partial charge is 0.328 e. The molecule has 0 aliphatic carbocycles. The number of carbonyl (C=O) groups excluding carboxylic acids is 3. The Labute approximate surface area is 208 Å². The monoisotopic (exact) mass is 492 g/mol. The highest BCUT2D eigenvalue weighted by molar-refractivity contribution is 6.01. The van der Waals surface area contributed by atoms with Crippen LogP contribution in [0.1, 0.15) is 33.6 Å². The second kappa shape index (κ2) is 11.6. The van der Waals surface area contributed by atoms with Crippen molar-refractivity contribution in [3.8, 4) is 6.07 Å². The van der Waals surface area contributed by atoms with E-state index in [4.69, 9.17) is 4.74 Å². The van der Waals surface area contributed by atoms with Crippen LogP contribution in [-0.2, 0) is 22.5 Å². The largest absolute Gasteiger partial charge is 0.383 e. The van der Waals surface area contributed by atoms with Gasteiger partial charge in [0.25, 0.3) is 0 Å². The fourth-order valence-corrected chi connectivity index (χ4v) is 4.23. The number of nitrogens with zero attached hydrogens (tertiary/aromatic N) is 5. The van der Waals surface area contributed by atoms with Crippen LogP contribution in [0.4, 0.5) is 22.1 Å². The van der Waals surface area contributed by atoms with Gasteiger partial charge in [-0.05, 0) is 24.5 Å². The van der Waals surface area contributed by atoms with E-state index in [0.29, 0.717) is 74.7 Å². The number of aldehydes is 1. The summed E-state index contributed by atoms with van der Waals surface area (Å²) >= 11 is 0. The number of hydrogen-bond donors (Lipinski definition) is 3. The Morgan fingerprint density at radius 3 is 2.97 bits per heavy atom. The highest BCUT2D eigenvalue weighted by Crippen LogP contribution is 2.29. The van der Waals surface area contributed by atoms with E-state index in [1.807, 2.05) is 6.07 Å². The zero-order chi connectivity index (χ0) is 25.5. The number of nitrogens with one attached hydrogen (secondary N) is 3. The van der Waals surface area contributed by atoms with Gasteiger partial charge in [-0.1, -0.05) is 0 Å². The molecule has 4 heterocycles. The maximum absolute atomic E-state index is 13.2. The van der Waals surface area contributed by atoms with Gasteiger partial charge < -0.3 is 20.3 Å². The first-order chi connectivity index (χ1) is 17.5. The van der Waals surface area contributed by atoms with Crippen molar-refractivity contribution in [1.29, 1.82) is 5.26 Å². The predicted molar refractivity (Wildman–Crippen MR) is 132 cm³/mol. The summed E-state index contributed by atoms with van der Waals surface area (Å²) in [5.74, 6) is 0.668. The van der Waals surface area contributed by atoms with Crippen LogP contribution < -0.4 is 20.9 Å². The number of methoxy groups -OCH3 is 1. The van der Waals surface area contributed by atoms with Gasteiger partial charge in [-0.2, -0.15) is 5.26 Å². The van der Waals surface area contributed by atoms with Gasteiger partial charge in [-0.25, -0.2) is 14.8 Å². The molecule has 36 heavy (non-hydrogen) atoms. The third-order valence-corrected chi connectivity index (χ3v) is 6.06. The van der Waals surface area contributed by atoms with E-state index in [1.54, 1.807) is 18.1 Å². The van der Waals surface area contributed by atoms with Crippen LogP contribution in [0.25, 0.3) is 0 Å². The molecule has 0 bridgehead atoms. The number of carbonyl (C=O) groups is 3. The molecule has 0 saturated carbocycles. The first kappa shape index (κ1) is 25.0. The summed E-state index contributed by atoms with van der Waals surface area (Å²) in [6.45, 7) is 3.20. The average Bonchev–Trinajstić information content (AvgIpc) is 2.89. The Morgan fingerprint density at radius 2 is 2.22 bits per heavy atom. The van der Waals surface area contributed by atoms with Crippen LogP contribution in [0.3, 0.4) is 0 Å². The van der Waals surface area contributed by atoms with Gasteiger partial charge in [0, 0.05) is 57.7 Å². The van der Waals surface area contributed by atoms with Crippen LogP contribution in [0.5, 0.6) is 0 Å². The van der Waals surface area contributed by atoms with Crippen molar-refractivity contribution in [2.24, 2.45) is 0 Å². The number of fused-ring (bicyclic) bond motifs is 1. The molecule has 1 fully saturated rings. The van der Waals surface area contributed by atoms with Crippen LogP contribution in [0.15, 0.2) is 18.3 Å². The van der Waals surface area contributed by atoms with E-state index in [0.717, 1.165) is 12.0 Å². The van der Waals surface area contributed by atoms with Gasteiger partial charge in [-0.3, -0.25) is 19.8 Å². The molecule has 4 rings (SSSR count). The SMILES string of the molecule is COCCNc1cc(NC(=O)N2CCCc3cc(CN4CCNCC4=O)c(C=O)nc32)ncc1C#N. The number of hydrogen-bond acceptors (Lipinski definition) is 9. The first-order valence-corrected chi connectivity index (χ1v) is 11.7. The molecule has 0 aromatic carbocycles. The molecule has 0 radical (unpaired) electrons. The third kappa shape index (κ3) is 5.59. The molecule has 2 aliphatic heterocycles. The lowest BCUT2D eigenvalue weighted by Gasteiger charge is -2.31. The molecule has 2 aromatic heterocycles. The summed E-state index contributed by atoms with van der Waals surface area (Å²) in [4.78, 5) is 49.1. The zero-order valence-electron chi connectivity index (χ0n) is 20.0. The zero-order valence-corrected chi connectivity index (χ0v) is 20.0. The van der Waals surface area contributed by atoms with E-state index in [2.05, 4.69) is 32.0 Å². The lowest BCUT2D eigenvalue weighted by atomic mass is 10.0. The number of pyridine rings is 2. The maximum Gasteiger partial charge on any atom is 0.328 e. The van der Waals surface area contributed by atoms with Gasteiger partial charge >= 0.3 is 6.03 Å². The normalized spacial score (nSPS) is 15.2. The highest BCUT2D eigenvalue weighted by atomic mass is 16.5. The van der Waals surface area contributed by atoms with Crippen molar-refractivity contribution in [3.63, 3.8) is 0 Å². The summed E-state index contributed by atoms with van der Waals surface area (Å²) in [7, 11) is 1.58. The Morgan fingerprint density at radius 1 is 1.36 bits per heavy atom. The molecule has 2 aromatic rings. The van der Waals surface area contributed by atoms with Crippen molar-refractivity contribution < 1.29 is 19.1 Å². The average molecular weight is 493 g/mol. The van der Waals surface area contributed by atoms with Gasteiger partial charge in [0.05, 0.1) is 24.4 Å². The Kier molecular flexibility index (Phi) is 8.04. The molecule has 12 nitrogen and oxygen atoms in total. The molecule has 188 valence electrons. The van der Waals surface area contributed by atoms with E-state index in [1.165, 1.54) is 11.1 Å². The lowest BCUT2D eigenvalue weighted by Crippen LogP contribution is -2.47. The van der Waals surface area contributed by atoms with Crippen molar-refractivity contribution >= 4 is 35.5 Å². The third-order valence-electron chi connectivity index (χ3n) is 6.06. The molecular weight excluding hydrogens is 464 g/mol. The summed E-state index contributed by atoms with van der Waals surface area (Å²) in [6, 6.07) is 5.10. The molecular formula is C24H28N8O4. The lowest BCUT2D eigenvalue weighted by molar-refractivity contribution is -0.132. The number of anilines is 3. The summed E-state index contributed by atoms with van der Waals surface area (Å²) in [5, 5.41) is 18.2. The quantitative estimate of drug-likeness (QED) is 0.364. The molecule has 3 N–H and O–H groups in total. The van der Waals surface area contributed by atoms with Gasteiger partial charge in [0.1, 0.15) is 23.4 Å². The Bertz CT molecular complexity index is 1200. The van der Waals surface area contributed by atoms with Crippen LogP contribution in [0, 0.1) is 11.3 Å². The van der Waals surface area contributed by atoms with Crippen LogP contribution in [0.2, 0.25) is 0 Å². The number of ether oxygens (including phenoxy) is 1. The number of aromatic nitrogens is 2. The highest BCUT2D eigenvalue weighted by Gasteiger charge is 2.27. The first-order valence-electron chi connectivity index (χ1n) is 11.7. The second-order valence-electron chi connectivity index (χ2n) is 8.46. The molecule has 0 unspecified atom stereocenters. The van der Waals surface area contributed by atoms with Crippen molar-refractivity contribution in [1.82, 2.24) is 20.2 Å². The molecule has 1 saturated heterocycles. The summed E-state index contributed by atoms with van der Waals surface area (Å²) in [6.07, 6.45) is 3.48. The van der Waals surface area contributed by atoms with Crippen molar-refractivity contribution in [3.05, 3.63) is 40.7 Å². The second-order valence-corrected chi connectivity index (χ2v) is 8.46. The van der Waals surface area contributed by atoms with Gasteiger partial charge in [0.15, 0.2) is 6.29 Å².